The van der Waals surface area contributed by atoms with Crippen LogP contribution in [0.1, 0.15) is 325 Å². The van der Waals surface area contributed by atoms with E-state index in [2.05, 4.69) is 55.4 Å². The van der Waals surface area contributed by atoms with Gasteiger partial charge in [-0.1, -0.05) is 274 Å². The first kappa shape index (κ1) is 84.1. The Morgan fingerprint density at radius 3 is 0.826 bits per heavy atom. The second-order valence-corrected chi connectivity index (χ2v) is 28.8. The third-order valence-corrected chi connectivity index (χ3v) is 17.6. The third kappa shape index (κ3) is 59.7. The molecule has 0 heterocycles. The minimum atomic E-state index is -4.95. The molecule has 86 heavy (non-hydrogen) atoms. The van der Waals surface area contributed by atoms with Gasteiger partial charge in [-0.15, -0.1) is 0 Å². The monoisotopic (exact) mass is 1270 g/mol. The van der Waals surface area contributed by atoms with Crippen LogP contribution in [0.3, 0.4) is 0 Å². The van der Waals surface area contributed by atoms with Gasteiger partial charge in [0.15, 0.2) is 12.2 Å². The van der Waals surface area contributed by atoms with E-state index in [1.165, 1.54) is 122 Å². The lowest BCUT2D eigenvalue weighted by Crippen LogP contribution is -2.30. The molecule has 0 aliphatic rings. The van der Waals surface area contributed by atoms with Gasteiger partial charge in [0.2, 0.25) is 0 Å². The molecule has 0 radical (unpaired) electrons. The zero-order valence-corrected chi connectivity index (χ0v) is 57.7. The topological polar surface area (TPSA) is 237 Å². The standard InChI is InChI=1S/C67H130O17P2/c1-9-60(8)46-38-30-22-15-16-24-33-41-49-66(71)83-62(53-77-64(69)47-39-31-23-14-12-10-11-13-19-27-35-43-57(2)3)55-81-85(73,74)79-51-61(68)52-80-86(75,76)82-56-63(84-67(72)50-42-34-26-18-21-29-37-45-59(6)7)54-78-65(70)48-40-32-25-17-20-28-36-44-58(4)5/h57-63,68H,9-56H2,1-8H3,(H,73,74)(H,75,76)/t60?,61?,62-,63-/m1/s1. The van der Waals surface area contributed by atoms with E-state index in [0.29, 0.717) is 37.5 Å². The molecule has 0 amide bonds. The smallest absolute Gasteiger partial charge is 0.462 e. The molecule has 0 rings (SSSR count). The number of hydrogen-bond donors (Lipinski definition) is 3. The number of esters is 4. The Labute approximate surface area is 524 Å². The second kappa shape index (κ2) is 57.0. The van der Waals surface area contributed by atoms with E-state index in [4.69, 9.17) is 37.0 Å². The lowest BCUT2D eigenvalue weighted by Gasteiger charge is -2.21. The average Bonchev–Trinajstić information content (AvgIpc) is 3.57. The molecule has 0 aliphatic heterocycles. The summed E-state index contributed by atoms with van der Waals surface area (Å²) in [6.07, 6.45) is 37.7. The molecule has 0 aromatic heterocycles. The Balaban J connectivity index is 5.25. The van der Waals surface area contributed by atoms with Crippen molar-refractivity contribution >= 4 is 39.5 Å². The minimum Gasteiger partial charge on any atom is -0.462 e. The maximum atomic E-state index is 13.0. The van der Waals surface area contributed by atoms with Crippen molar-refractivity contribution in [2.24, 2.45) is 23.7 Å². The van der Waals surface area contributed by atoms with Crippen LogP contribution in [0.2, 0.25) is 0 Å². The first-order chi connectivity index (χ1) is 41.1. The van der Waals surface area contributed by atoms with Crippen LogP contribution in [0.5, 0.6) is 0 Å². The van der Waals surface area contributed by atoms with E-state index >= 15 is 0 Å². The predicted octanol–water partition coefficient (Wildman–Crippen LogP) is 18.5. The Morgan fingerprint density at radius 2 is 0.558 bits per heavy atom. The first-order valence-corrected chi connectivity index (χ1v) is 37.7. The van der Waals surface area contributed by atoms with Crippen molar-refractivity contribution in [1.82, 2.24) is 0 Å². The van der Waals surface area contributed by atoms with Crippen LogP contribution < -0.4 is 0 Å². The lowest BCUT2D eigenvalue weighted by molar-refractivity contribution is -0.161. The van der Waals surface area contributed by atoms with Gasteiger partial charge < -0.3 is 33.8 Å². The number of aliphatic hydroxyl groups excluding tert-OH is 1. The van der Waals surface area contributed by atoms with Gasteiger partial charge in [-0.3, -0.25) is 37.3 Å². The summed E-state index contributed by atoms with van der Waals surface area (Å²) >= 11 is 0. The molecule has 0 spiro atoms. The number of phosphoric acid groups is 2. The highest BCUT2D eigenvalue weighted by atomic mass is 31.2. The zero-order valence-electron chi connectivity index (χ0n) is 55.9. The van der Waals surface area contributed by atoms with E-state index < -0.39 is 97.5 Å². The van der Waals surface area contributed by atoms with Crippen LogP contribution in [0.25, 0.3) is 0 Å². The summed E-state index contributed by atoms with van der Waals surface area (Å²) < 4.78 is 68.1. The average molecular weight is 1270 g/mol. The van der Waals surface area contributed by atoms with Crippen LogP contribution in [-0.2, 0) is 65.4 Å². The summed E-state index contributed by atoms with van der Waals surface area (Å²) in [4.78, 5) is 72.4. The number of hydrogen-bond acceptors (Lipinski definition) is 15. The van der Waals surface area contributed by atoms with Crippen LogP contribution in [0.4, 0.5) is 0 Å². The van der Waals surface area contributed by atoms with E-state index in [1.807, 2.05) is 0 Å². The van der Waals surface area contributed by atoms with Crippen LogP contribution in [0.15, 0.2) is 0 Å². The number of carbonyl (C=O) groups is 4. The molecular formula is C67H130O17P2. The van der Waals surface area contributed by atoms with Gasteiger partial charge in [-0.2, -0.15) is 0 Å². The number of unbranched alkanes of at least 4 members (excludes halogenated alkanes) is 29. The van der Waals surface area contributed by atoms with Crippen molar-refractivity contribution in [3.63, 3.8) is 0 Å². The molecule has 0 fully saturated rings. The van der Waals surface area contributed by atoms with E-state index in [1.54, 1.807) is 0 Å². The third-order valence-electron chi connectivity index (χ3n) is 15.7. The predicted molar refractivity (Wildman–Crippen MR) is 344 cm³/mol. The first-order valence-electron chi connectivity index (χ1n) is 34.7. The van der Waals surface area contributed by atoms with Crippen molar-refractivity contribution in [2.45, 2.75) is 343 Å². The maximum Gasteiger partial charge on any atom is 0.472 e. The SMILES string of the molecule is CCC(C)CCCCCCCCCCC(=O)O[C@H](COC(=O)CCCCCCCCCCCCCC(C)C)COP(=O)(O)OCC(O)COP(=O)(O)OC[C@@H](COC(=O)CCCCCCCCCC(C)C)OC(=O)CCCCCCCCCC(C)C. The molecule has 0 aromatic carbocycles. The zero-order chi connectivity index (χ0) is 63.9. The van der Waals surface area contributed by atoms with Gasteiger partial charge in [0.25, 0.3) is 0 Å². The Hall–Kier alpha value is -1.94. The quantitative estimate of drug-likeness (QED) is 0.0222. The molecule has 0 aliphatic carbocycles. The van der Waals surface area contributed by atoms with E-state index in [-0.39, 0.29) is 25.7 Å². The summed E-state index contributed by atoms with van der Waals surface area (Å²) in [5.74, 6) is 0.804. The van der Waals surface area contributed by atoms with Gasteiger partial charge in [-0.25, -0.2) is 9.13 Å². The molecule has 4 unspecified atom stereocenters. The molecule has 0 bridgehead atoms. The number of rotatable bonds is 64. The summed E-state index contributed by atoms with van der Waals surface area (Å²) in [5, 5.41) is 10.6. The molecule has 6 atom stereocenters. The maximum absolute atomic E-state index is 13.0. The second-order valence-electron chi connectivity index (χ2n) is 25.9. The number of aliphatic hydroxyl groups is 1. The normalized spacial score (nSPS) is 14.7. The molecule has 19 heteroatoms. The molecule has 3 N–H and O–H groups in total. The number of carbonyl (C=O) groups excluding carboxylic acids is 4. The number of phosphoric ester groups is 2. The largest absolute Gasteiger partial charge is 0.472 e. The van der Waals surface area contributed by atoms with E-state index in [9.17, 15) is 43.2 Å². The summed E-state index contributed by atoms with van der Waals surface area (Å²) in [6, 6.07) is 0. The van der Waals surface area contributed by atoms with Crippen molar-refractivity contribution in [2.75, 3.05) is 39.6 Å². The fourth-order valence-electron chi connectivity index (χ4n) is 9.93. The highest BCUT2D eigenvalue weighted by molar-refractivity contribution is 7.47. The van der Waals surface area contributed by atoms with Gasteiger partial charge in [-0.05, 0) is 49.4 Å². The van der Waals surface area contributed by atoms with Gasteiger partial charge >= 0.3 is 39.5 Å². The molecule has 17 nitrogen and oxygen atoms in total. The van der Waals surface area contributed by atoms with Crippen LogP contribution >= 0.6 is 15.6 Å². The fourth-order valence-corrected chi connectivity index (χ4v) is 11.5. The lowest BCUT2D eigenvalue weighted by atomic mass is 9.99. The van der Waals surface area contributed by atoms with Gasteiger partial charge in [0, 0.05) is 25.7 Å². The minimum absolute atomic E-state index is 0.102. The van der Waals surface area contributed by atoms with Crippen molar-refractivity contribution in [3.8, 4) is 0 Å². The molecule has 0 saturated carbocycles. The van der Waals surface area contributed by atoms with Gasteiger partial charge in [0.1, 0.15) is 19.3 Å². The highest BCUT2D eigenvalue weighted by Crippen LogP contribution is 2.45. The van der Waals surface area contributed by atoms with Crippen LogP contribution in [-0.4, -0.2) is 96.7 Å². The Bertz CT molecular complexity index is 1720. The van der Waals surface area contributed by atoms with E-state index in [0.717, 1.165) is 108 Å². The number of ether oxygens (including phenoxy) is 4. The fraction of sp³-hybridized carbons (Fsp3) is 0.940. The Morgan fingerprint density at radius 1 is 0.326 bits per heavy atom. The van der Waals surface area contributed by atoms with Gasteiger partial charge in [0.05, 0.1) is 26.4 Å². The summed E-state index contributed by atoms with van der Waals surface area (Å²) in [5.41, 5.74) is 0. The Kier molecular flexibility index (Phi) is 55.7. The van der Waals surface area contributed by atoms with Crippen molar-refractivity contribution in [3.05, 3.63) is 0 Å². The van der Waals surface area contributed by atoms with Crippen LogP contribution in [0, 0.1) is 23.7 Å². The molecule has 510 valence electrons. The highest BCUT2D eigenvalue weighted by Gasteiger charge is 2.30. The summed E-state index contributed by atoms with van der Waals surface area (Å²) in [6.45, 7) is 14.0. The van der Waals surface area contributed by atoms with Crippen molar-refractivity contribution in [1.29, 1.82) is 0 Å². The molecule has 0 saturated heterocycles. The molecule has 0 aromatic rings. The molecular weight excluding hydrogens is 1140 g/mol. The summed E-state index contributed by atoms with van der Waals surface area (Å²) in [7, 11) is -9.90. The van der Waals surface area contributed by atoms with Crippen molar-refractivity contribution < 1.29 is 80.2 Å².